The van der Waals surface area contributed by atoms with Gasteiger partial charge in [-0.15, -0.1) is 0 Å². The lowest BCUT2D eigenvalue weighted by Gasteiger charge is -2.34. The molecule has 0 unspecified atom stereocenters. The Morgan fingerprint density at radius 3 is 2.56 bits per heavy atom. The van der Waals surface area contributed by atoms with Gasteiger partial charge in [-0.1, -0.05) is 0 Å². The molecule has 1 heterocycles. The van der Waals surface area contributed by atoms with Gasteiger partial charge in [-0.2, -0.15) is 0 Å². The average molecular weight is 256 g/mol. The van der Waals surface area contributed by atoms with Crippen molar-refractivity contribution in [1.29, 1.82) is 0 Å². The number of alkyl halides is 2. The summed E-state index contributed by atoms with van der Waals surface area (Å²) in [5.41, 5.74) is 1.43. The number of nitrogens with one attached hydrogen (secondary N) is 1. The fraction of sp³-hybridized carbons (Fsp3) is 0.615. The molecule has 0 aromatic carbocycles. The van der Waals surface area contributed by atoms with Crippen LogP contribution in [0.3, 0.4) is 0 Å². The highest BCUT2D eigenvalue weighted by atomic mass is 19.3. The second-order valence-corrected chi connectivity index (χ2v) is 5.02. The molecule has 1 saturated carbocycles. The summed E-state index contributed by atoms with van der Waals surface area (Å²) < 4.78 is 26.1. The van der Waals surface area contributed by atoms with Gasteiger partial charge in [0.2, 0.25) is 5.92 Å². The molecule has 0 aliphatic heterocycles. The number of aromatic nitrogens is 1. The summed E-state index contributed by atoms with van der Waals surface area (Å²) in [7, 11) is 1.70. The normalized spacial score (nSPS) is 19.8. The topological polar surface area (TPSA) is 36.1 Å². The maximum Gasteiger partial charge on any atom is 0.255 e. The Kier molecular flexibility index (Phi) is 3.41. The number of carbonyl (C=O) groups is 1. The fourth-order valence-corrected chi connectivity index (χ4v) is 2.45. The minimum absolute atomic E-state index is 0.0774. The van der Waals surface area contributed by atoms with Crippen LogP contribution in [0, 0.1) is 6.92 Å². The van der Waals surface area contributed by atoms with Crippen LogP contribution < -0.4 is 0 Å². The summed E-state index contributed by atoms with van der Waals surface area (Å²) in [6.45, 7) is 1.83. The quantitative estimate of drug-likeness (QED) is 0.867. The van der Waals surface area contributed by atoms with Crippen molar-refractivity contribution in [3.63, 3.8) is 0 Å². The maximum absolute atomic E-state index is 13.1. The van der Waals surface area contributed by atoms with Gasteiger partial charge < -0.3 is 9.88 Å². The monoisotopic (exact) mass is 256 g/mol. The Labute approximate surface area is 105 Å². The molecule has 1 aromatic heterocycles. The van der Waals surface area contributed by atoms with Crippen LogP contribution in [0.5, 0.6) is 0 Å². The molecule has 1 fully saturated rings. The van der Waals surface area contributed by atoms with Crippen LogP contribution >= 0.6 is 0 Å². The molecule has 1 N–H and O–H groups in total. The van der Waals surface area contributed by atoms with E-state index in [2.05, 4.69) is 4.98 Å². The Hall–Kier alpha value is -1.39. The molecule has 3 nitrogen and oxygen atoms in total. The summed E-state index contributed by atoms with van der Waals surface area (Å²) in [6, 6.07) is 1.65. The van der Waals surface area contributed by atoms with Crippen LogP contribution in [-0.2, 0) is 0 Å². The zero-order valence-corrected chi connectivity index (χ0v) is 10.7. The first-order chi connectivity index (χ1) is 8.41. The number of nitrogens with zero attached hydrogens (tertiary/aromatic N) is 1. The van der Waals surface area contributed by atoms with E-state index in [1.54, 1.807) is 24.2 Å². The van der Waals surface area contributed by atoms with Gasteiger partial charge in [-0.05, 0) is 25.8 Å². The standard InChI is InChI=1S/C13H18F2N2O/c1-9-11(5-8-16-9)12(18)17(2)10-3-6-13(14,15)7-4-10/h5,8,10,16H,3-4,6-7H2,1-2H3. The molecule has 0 spiro atoms. The highest BCUT2D eigenvalue weighted by molar-refractivity contribution is 5.95. The first kappa shape index (κ1) is 13.1. The molecule has 18 heavy (non-hydrogen) atoms. The molecule has 1 aliphatic rings. The van der Waals surface area contributed by atoms with Crippen molar-refractivity contribution in [2.75, 3.05) is 7.05 Å². The van der Waals surface area contributed by atoms with Gasteiger partial charge in [-0.25, -0.2) is 8.78 Å². The number of rotatable bonds is 2. The minimum atomic E-state index is -2.55. The van der Waals surface area contributed by atoms with Crippen LogP contribution in [0.25, 0.3) is 0 Å². The van der Waals surface area contributed by atoms with Crippen molar-refractivity contribution >= 4 is 5.91 Å². The van der Waals surface area contributed by atoms with E-state index in [9.17, 15) is 13.6 Å². The number of carbonyl (C=O) groups excluding carboxylic acids is 1. The SMILES string of the molecule is Cc1[nH]ccc1C(=O)N(C)C1CCC(F)(F)CC1. The number of hydrogen-bond acceptors (Lipinski definition) is 1. The predicted octanol–water partition coefficient (Wildman–Crippen LogP) is 2.97. The van der Waals surface area contributed by atoms with Gasteiger partial charge in [0.1, 0.15) is 0 Å². The van der Waals surface area contributed by atoms with Crippen LogP contribution in [0.2, 0.25) is 0 Å². The predicted molar refractivity (Wildman–Crippen MR) is 64.8 cm³/mol. The Morgan fingerprint density at radius 2 is 2.06 bits per heavy atom. The third kappa shape index (κ3) is 2.54. The van der Waals surface area contributed by atoms with E-state index >= 15 is 0 Å². The summed E-state index contributed by atoms with van der Waals surface area (Å²) in [4.78, 5) is 16.8. The van der Waals surface area contributed by atoms with Crippen molar-refractivity contribution in [1.82, 2.24) is 9.88 Å². The van der Waals surface area contributed by atoms with E-state index in [4.69, 9.17) is 0 Å². The van der Waals surface area contributed by atoms with Crippen LogP contribution in [0.15, 0.2) is 12.3 Å². The van der Waals surface area contributed by atoms with Gasteiger partial charge in [0.15, 0.2) is 0 Å². The number of aromatic amines is 1. The second kappa shape index (κ2) is 4.71. The first-order valence-electron chi connectivity index (χ1n) is 6.20. The van der Waals surface area contributed by atoms with Crippen molar-refractivity contribution < 1.29 is 13.6 Å². The van der Waals surface area contributed by atoms with Crippen molar-refractivity contribution in [2.45, 2.75) is 44.6 Å². The summed E-state index contributed by atoms with van der Waals surface area (Å²) >= 11 is 0. The largest absolute Gasteiger partial charge is 0.365 e. The molecule has 1 aliphatic carbocycles. The van der Waals surface area contributed by atoms with E-state index < -0.39 is 5.92 Å². The number of hydrogen-bond donors (Lipinski definition) is 1. The fourth-order valence-electron chi connectivity index (χ4n) is 2.45. The van der Waals surface area contributed by atoms with E-state index in [1.165, 1.54) is 0 Å². The number of H-pyrrole nitrogens is 1. The smallest absolute Gasteiger partial charge is 0.255 e. The molecule has 0 bridgehead atoms. The lowest BCUT2D eigenvalue weighted by atomic mass is 9.91. The zero-order valence-electron chi connectivity index (χ0n) is 10.7. The summed E-state index contributed by atoms with van der Waals surface area (Å²) in [6.07, 6.45) is 2.21. The number of aryl methyl sites for hydroxylation is 1. The molecule has 0 atom stereocenters. The molecule has 5 heteroatoms. The Balaban J connectivity index is 2.02. The molecule has 2 rings (SSSR count). The van der Waals surface area contributed by atoms with E-state index in [0.717, 1.165) is 5.69 Å². The van der Waals surface area contributed by atoms with Gasteiger partial charge in [0.25, 0.3) is 5.91 Å². The number of halogens is 2. The van der Waals surface area contributed by atoms with E-state index in [1.807, 2.05) is 6.92 Å². The molecular weight excluding hydrogens is 238 g/mol. The highest BCUT2D eigenvalue weighted by Crippen LogP contribution is 2.35. The lowest BCUT2D eigenvalue weighted by Crippen LogP contribution is -2.41. The third-order valence-electron chi connectivity index (χ3n) is 3.74. The molecule has 0 radical (unpaired) electrons. The first-order valence-corrected chi connectivity index (χ1v) is 6.20. The molecular formula is C13H18F2N2O. The van der Waals surface area contributed by atoms with Crippen LogP contribution in [0.4, 0.5) is 8.78 Å². The van der Waals surface area contributed by atoms with Crippen molar-refractivity contribution in [3.05, 3.63) is 23.5 Å². The Bertz CT molecular complexity index is 432. The Morgan fingerprint density at radius 1 is 1.44 bits per heavy atom. The summed E-state index contributed by atoms with van der Waals surface area (Å²) in [5, 5.41) is 0. The lowest BCUT2D eigenvalue weighted by molar-refractivity contribution is -0.0490. The molecule has 0 saturated heterocycles. The van der Waals surface area contributed by atoms with Gasteiger partial charge in [-0.3, -0.25) is 4.79 Å². The molecule has 1 aromatic rings. The van der Waals surface area contributed by atoms with Crippen LogP contribution in [0.1, 0.15) is 41.7 Å². The number of amides is 1. The highest BCUT2D eigenvalue weighted by Gasteiger charge is 2.37. The third-order valence-corrected chi connectivity index (χ3v) is 3.74. The molecule has 1 amide bonds. The van der Waals surface area contributed by atoms with E-state index in [0.29, 0.717) is 18.4 Å². The second-order valence-electron chi connectivity index (χ2n) is 5.02. The zero-order chi connectivity index (χ0) is 13.3. The van der Waals surface area contributed by atoms with Crippen LogP contribution in [-0.4, -0.2) is 34.8 Å². The van der Waals surface area contributed by atoms with Gasteiger partial charge >= 0.3 is 0 Å². The van der Waals surface area contributed by atoms with Gasteiger partial charge in [0.05, 0.1) is 5.56 Å². The van der Waals surface area contributed by atoms with Gasteiger partial charge in [0, 0.05) is 37.8 Å². The minimum Gasteiger partial charge on any atom is -0.365 e. The maximum atomic E-state index is 13.1. The van der Waals surface area contributed by atoms with Crippen molar-refractivity contribution in [3.8, 4) is 0 Å². The van der Waals surface area contributed by atoms with E-state index in [-0.39, 0.29) is 24.8 Å². The molecule has 100 valence electrons. The van der Waals surface area contributed by atoms with Crippen molar-refractivity contribution in [2.24, 2.45) is 0 Å². The average Bonchev–Trinajstić information content (AvgIpc) is 2.73. The summed E-state index contributed by atoms with van der Waals surface area (Å²) in [5.74, 6) is -2.64.